The number of hydrogen-bond acceptors (Lipinski definition) is 4. The quantitative estimate of drug-likeness (QED) is 0.218. The van der Waals surface area contributed by atoms with Gasteiger partial charge in [-0.15, -0.1) is 0 Å². The first kappa shape index (κ1) is 23.2. The zero-order valence-corrected chi connectivity index (χ0v) is 18.8. The van der Waals surface area contributed by atoms with Gasteiger partial charge in [-0.05, 0) is 38.3 Å². The summed E-state index contributed by atoms with van der Waals surface area (Å²) in [7, 11) is 1.88. The van der Waals surface area contributed by atoms with E-state index in [1.54, 1.807) is 17.9 Å². The molecule has 1 fully saturated rings. The molecule has 1 aromatic carbocycles. The lowest BCUT2D eigenvalue weighted by Crippen LogP contribution is -2.53. The second-order valence-corrected chi connectivity index (χ2v) is 8.00. The van der Waals surface area contributed by atoms with Crippen molar-refractivity contribution in [3.05, 3.63) is 47.6 Å². The van der Waals surface area contributed by atoms with Crippen molar-refractivity contribution < 1.29 is 23.9 Å². The predicted molar refractivity (Wildman–Crippen MR) is 121 cm³/mol. The minimum Gasteiger partial charge on any atom is -0.457 e. The van der Waals surface area contributed by atoms with Crippen molar-refractivity contribution in [1.29, 1.82) is 0 Å². The molecule has 1 saturated heterocycles. The summed E-state index contributed by atoms with van der Waals surface area (Å²) in [6.45, 7) is 7.98. The van der Waals surface area contributed by atoms with Crippen molar-refractivity contribution >= 4 is 40.4 Å². The molecule has 0 bridgehead atoms. The van der Waals surface area contributed by atoms with E-state index in [2.05, 4.69) is 11.4 Å². The van der Waals surface area contributed by atoms with Gasteiger partial charge in [-0.25, -0.2) is 4.79 Å². The molecule has 0 unspecified atom stereocenters. The molecular formula is C24H28N4O4. The summed E-state index contributed by atoms with van der Waals surface area (Å²) in [5, 5.41) is 0.818. The van der Waals surface area contributed by atoms with E-state index in [9.17, 15) is 19.9 Å². The van der Waals surface area contributed by atoms with Gasteiger partial charge in [0.05, 0.1) is 23.3 Å². The van der Waals surface area contributed by atoms with Crippen LogP contribution in [-0.2, 0) is 21.4 Å². The van der Waals surface area contributed by atoms with Crippen molar-refractivity contribution in [3.63, 3.8) is 0 Å². The van der Waals surface area contributed by atoms with Gasteiger partial charge in [0.25, 0.3) is 11.7 Å². The molecule has 1 aliphatic rings. The standard InChI is InChI=1S/C24H28N4O4/c1-5-17-19(16-11-8-9-12-18(16)27(17)4)22(30)28-14-10-13-24(6-2,15-28)21(29)20(26-25)23(31)32-7-3/h5,8-9,11-12H,1,6-7,10,13-15H2,2-4H3/t24-/m0/s1. The molecule has 0 radical (unpaired) electrons. The van der Waals surface area contributed by atoms with Crippen LogP contribution in [0.3, 0.4) is 0 Å². The number of Topliss-reactive ketones (excluding diaryl/α,β-unsaturated/α-hetero) is 1. The normalized spacial score (nSPS) is 18.2. The molecule has 168 valence electrons. The summed E-state index contributed by atoms with van der Waals surface area (Å²) in [5.41, 5.74) is 9.86. The van der Waals surface area contributed by atoms with E-state index < -0.39 is 22.9 Å². The Labute approximate surface area is 187 Å². The molecule has 2 aromatic rings. The number of aryl methyl sites for hydroxylation is 1. The first-order chi connectivity index (χ1) is 15.3. The summed E-state index contributed by atoms with van der Waals surface area (Å²) in [6, 6.07) is 7.63. The summed E-state index contributed by atoms with van der Waals surface area (Å²) >= 11 is 0. The second kappa shape index (κ2) is 9.32. The number of aromatic nitrogens is 1. The summed E-state index contributed by atoms with van der Waals surface area (Å²) < 4.78 is 6.80. The summed E-state index contributed by atoms with van der Waals surface area (Å²) in [4.78, 5) is 43.7. The maximum atomic E-state index is 13.7. The Balaban J connectivity index is 2.00. The second-order valence-electron chi connectivity index (χ2n) is 8.00. The number of esters is 1. The SMILES string of the molecule is C=Cc1c(C(=O)N2CCC[C@](CC)(C(=O)C(=[N+]=[N-])C(=O)OCC)C2)c2ccccc2n1C. The average molecular weight is 437 g/mol. The van der Waals surface area contributed by atoms with Crippen molar-refractivity contribution in [1.82, 2.24) is 9.47 Å². The first-order valence-corrected chi connectivity index (χ1v) is 10.8. The van der Waals surface area contributed by atoms with Gasteiger partial charge in [0.15, 0.2) is 0 Å². The first-order valence-electron chi connectivity index (χ1n) is 10.8. The minimum atomic E-state index is -1.03. The molecule has 0 aliphatic carbocycles. The molecular weight excluding hydrogens is 408 g/mol. The number of carbonyl (C=O) groups is 3. The van der Waals surface area contributed by atoms with E-state index in [-0.39, 0.29) is 19.1 Å². The highest BCUT2D eigenvalue weighted by molar-refractivity contribution is 6.63. The van der Waals surface area contributed by atoms with Crippen LogP contribution in [0.5, 0.6) is 0 Å². The molecule has 32 heavy (non-hydrogen) atoms. The number of benzene rings is 1. The fraction of sp³-hybridized carbons (Fsp3) is 0.417. The van der Waals surface area contributed by atoms with Crippen LogP contribution in [0.2, 0.25) is 0 Å². The van der Waals surface area contributed by atoms with Crippen LogP contribution < -0.4 is 0 Å². The Bertz CT molecular complexity index is 1140. The molecule has 1 atom stereocenters. The fourth-order valence-corrected chi connectivity index (χ4v) is 4.60. The number of carbonyl (C=O) groups excluding carboxylic acids is 3. The number of ether oxygens (including phenoxy) is 1. The van der Waals surface area contributed by atoms with Gasteiger partial charge < -0.3 is 19.7 Å². The van der Waals surface area contributed by atoms with Crippen molar-refractivity contribution in [3.8, 4) is 0 Å². The van der Waals surface area contributed by atoms with Crippen LogP contribution >= 0.6 is 0 Å². The lowest BCUT2D eigenvalue weighted by molar-refractivity contribution is -0.144. The number of hydrogen-bond donors (Lipinski definition) is 0. The number of piperidine rings is 1. The Morgan fingerprint density at radius 3 is 2.62 bits per heavy atom. The third-order valence-electron chi connectivity index (χ3n) is 6.37. The highest BCUT2D eigenvalue weighted by Crippen LogP contribution is 2.37. The van der Waals surface area contributed by atoms with E-state index in [1.807, 2.05) is 42.8 Å². The van der Waals surface area contributed by atoms with Crippen LogP contribution in [0.15, 0.2) is 30.8 Å². The lowest BCUT2D eigenvalue weighted by Gasteiger charge is -2.40. The lowest BCUT2D eigenvalue weighted by atomic mass is 9.72. The Hall–Kier alpha value is -3.51. The third-order valence-corrected chi connectivity index (χ3v) is 6.37. The number of amides is 1. The smallest absolute Gasteiger partial charge is 0.442 e. The van der Waals surface area contributed by atoms with E-state index in [0.29, 0.717) is 37.1 Å². The zero-order chi connectivity index (χ0) is 23.5. The predicted octanol–water partition coefficient (Wildman–Crippen LogP) is 3.26. The Kier molecular flexibility index (Phi) is 6.75. The van der Waals surface area contributed by atoms with Gasteiger partial charge in [0, 0.05) is 31.0 Å². The monoisotopic (exact) mass is 436 g/mol. The molecule has 8 nitrogen and oxygen atoms in total. The van der Waals surface area contributed by atoms with Crippen molar-refractivity contribution in [2.45, 2.75) is 33.1 Å². The van der Waals surface area contributed by atoms with Crippen LogP contribution in [0, 0.1) is 5.41 Å². The number of rotatable bonds is 7. The molecule has 2 heterocycles. The minimum absolute atomic E-state index is 0.0558. The van der Waals surface area contributed by atoms with Crippen LogP contribution in [-0.4, -0.2) is 57.3 Å². The van der Waals surface area contributed by atoms with Gasteiger partial charge >= 0.3 is 11.7 Å². The molecule has 3 rings (SSSR count). The average Bonchev–Trinajstić information content (AvgIpc) is 3.10. The molecule has 0 spiro atoms. The van der Waals surface area contributed by atoms with Gasteiger partial charge in [-0.1, -0.05) is 31.7 Å². The highest BCUT2D eigenvalue weighted by Gasteiger charge is 2.50. The van der Waals surface area contributed by atoms with Gasteiger partial charge in [-0.3, -0.25) is 9.59 Å². The third kappa shape index (κ3) is 3.78. The van der Waals surface area contributed by atoms with Gasteiger partial charge in [-0.2, -0.15) is 4.79 Å². The largest absolute Gasteiger partial charge is 0.457 e. The molecule has 0 saturated carbocycles. The molecule has 8 heteroatoms. The summed E-state index contributed by atoms with van der Waals surface area (Å²) in [6.07, 6.45) is 3.11. The maximum absolute atomic E-state index is 13.7. The number of ketones is 1. The Morgan fingerprint density at radius 2 is 2.00 bits per heavy atom. The maximum Gasteiger partial charge on any atom is 0.442 e. The zero-order valence-electron chi connectivity index (χ0n) is 18.8. The van der Waals surface area contributed by atoms with E-state index in [4.69, 9.17) is 4.74 Å². The molecule has 1 amide bonds. The van der Waals surface area contributed by atoms with E-state index in [0.717, 1.165) is 10.9 Å². The number of fused-ring (bicyclic) bond motifs is 1. The summed E-state index contributed by atoms with van der Waals surface area (Å²) in [5.74, 6) is -1.75. The molecule has 0 N–H and O–H groups in total. The van der Waals surface area contributed by atoms with Crippen molar-refractivity contribution in [2.75, 3.05) is 19.7 Å². The van der Waals surface area contributed by atoms with Crippen LogP contribution in [0.25, 0.3) is 22.5 Å². The highest BCUT2D eigenvalue weighted by atomic mass is 16.5. The van der Waals surface area contributed by atoms with E-state index >= 15 is 0 Å². The Morgan fingerprint density at radius 1 is 1.28 bits per heavy atom. The van der Waals surface area contributed by atoms with Gasteiger partial charge in [0.1, 0.15) is 0 Å². The number of nitrogens with zero attached hydrogens (tertiary/aromatic N) is 4. The molecule has 1 aliphatic heterocycles. The van der Waals surface area contributed by atoms with Crippen molar-refractivity contribution in [2.24, 2.45) is 12.5 Å². The van der Waals surface area contributed by atoms with Crippen LogP contribution in [0.4, 0.5) is 0 Å². The molecule has 1 aromatic heterocycles. The fourth-order valence-electron chi connectivity index (χ4n) is 4.60. The number of likely N-dealkylation sites (tertiary alicyclic amines) is 1. The van der Waals surface area contributed by atoms with Gasteiger partial charge in [0.2, 0.25) is 0 Å². The van der Waals surface area contributed by atoms with E-state index in [1.165, 1.54) is 0 Å². The topological polar surface area (TPSA) is 105 Å². The van der Waals surface area contributed by atoms with Crippen LogP contribution in [0.1, 0.15) is 49.2 Å². The number of para-hydroxylation sites is 1.